The first kappa shape index (κ1) is 27.6. The van der Waals surface area contributed by atoms with Crippen LogP contribution in [0.25, 0.3) is 0 Å². The largest absolute Gasteiger partial charge is 0.437 e. The highest BCUT2D eigenvalue weighted by atomic mass is 28.5. The summed E-state index contributed by atoms with van der Waals surface area (Å²) in [6.07, 6.45) is 0. The molecule has 0 rings (SSSR count). The van der Waals surface area contributed by atoms with Crippen LogP contribution in [-0.4, -0.2) is 50.9 Å². The van der Waals surface area contributed by atoms with Crippen LogP contribution in [0.1, 0.15) is 0 Å². The minimum atomic E-state index is -2.57. The summed E-state index contributed by atoms with van der Waals surface area (Å²) in [7, 11) is -13.4. The van der Waals surface area contributed by atoms with E-state index in [0.717, 1.165) is 0 Å². The van der Waals surface area contributed by atoms with Gasteiger partial charge in [-0.1, -0.05) is 11.4 Å². The fourth-order valence-electron chi connectivity index (χ4n) is 3.14. The Morgan fingerprint density at radius 3 is 1.19 bits per heavy atom. The van der Waals surface area contributed by atoms with Crippen LogP contribution in [0.15, 0.2) is 24.6 Å². The van der Waals surface area contributed by atoms with E-state index >= 15 is 0 Å². The van der Waals surface area contributed by atoms with Gasteiger partial charge in [-0.05, 0) is 78.6 Å². The molecule has 0 spiro atoms. The number of rotatable bonds is 12. The van der Waals surface area contributed by atoms with E-state index in [4.69, 9.17) is 20.6 Å². The smallest absolute Gasteiger partial charge is 0.342 e. The Morgan fingerprint density at radius 1 is 0.481 bits per heavy atom. The molecule has 1 atom stereocenters. The van der Waals surface area contributed by atoms with Gasteiger partial charge in [0.25, 0.3) is 0 Å². The van der Waals surface area contributed by atoms with Gasteiger partial charge in [-0.15, -0.1) is 13.2 Å². The third-order valence-electron chi connectivity index (χ3n) is 3.31. The van der Waals surface area contributed by atoms with E-state index in [1.54, 1.807) is 0 Å². The van der Waals surface area contributed by atoms with Crippen LogP contribution < -0.4 is 0 Å². The topological polar surface area (TPSA) is 46.2 Å². The number of hydrogen-bond acceptors (Lipinski definition) is 5. The summed E-state index contributed by atoms with van der Waals surface area (Å²) >= 11 is 0. The van der Waals surface area contributed by atoms with Crippen molar-refractivity contribution in [2.24, 2.45) is 0 Å². The fourth-order valence-corrected chi connectivity index (χ4v) is 29.8. The molecule has 160 valence electrons. The first-order chi connectivity index (χ1) is 11.7. The lowest BCUT2D eigenvalue weighted by Gasteiger charge is -2.42. The Morgan fingerprint density at radius 2 is 0.852 bits per heavy atom. The molecule has 0 amide bonds. The van der Waals surface area contributed by atoms with Gasteiger partial charge in [0.15, 0.2) is 16.6 Å². The van der Waals surface area contributed by atoms with Crippen LogP contribution in [0.5, 0.6) is 0 Å². The van der Waals surface area contributed by atoms with Crippen LogP contribution in [-0.2, 0) is 20.6 Å². The second-order valence-electron chi connectivity index (χ2n) is 9.85. The molecule has 0 saturated carbocycles. The maximum Gasteiger partial charge on any atom is 0.342 e. The standard InChI is InChI=1S/C16H42O5Si6/c1-15-23(6,7)18-27(14,16-2)21-26(12,13)20-25(10,11)19-24(8,9)17-22(3,4)5/h15-16H,1-2H2,3-14H3. The van der Waals surface area contributed by atoms with Crippen LogP contribution in [0.3, 0.4) is 0 Å². The summed E-state index contributed by atoms with van der Waals surface area (Å²) in [5.41, 5.74) is 3.76. The zero-order valence-corrected chi connectivity index (χ0v) is 25.6. The summed E-state index contributed by atoms with van der Waals surface area (Å²) < 4.78 is 32.2. The molecule has 11 heteroatoms. The predicted molar refractivity (Wildman–Crippen MR) is 131 cm³/mol. The first-order valence-electron chi connectivity index (χ1n) is 9.44. The molecule has 0 aromatic rings. The molecule has 0 N–H and O–H groups in total. The monoisotopic (exact) mass is 482 g/mol. The third-order valence-corrected chi connectivity index (χ3v) is 24.6. The minimum absolute atomic E-state index is 1.67. The van der Waals surface area contributed by atoms with Gasteiger partial charge in [0.2, 0.25) is 0 Å². The first-order valence-corrected chi connectivity index (χ1v) is 26.7. The molecule has 0 aliphatic rings. The Kier molecular flexibility index (Phi) is 9.36. The molecule has 0 saturated heterocycles. The quantitative estimate of drug-likeness (QED) is 0.332. The Bertz CT molecular complexity index is 530. The Labute approximate surface area is 174 Å². The molecule has 0 fully saturated rings. The molecule has 5 nitrogen and oxygen atoms in total. The SMILES string of the molecule is C=C[Si](C)(C)O[Si](C)(C=C)O[Si](C)(C)O[Si](C)(C)O[Si](C)(C)O[Si](C)(C)C. The summed E-state index contributed by atoms with van der Waals surface area (Å²) in [6.45, 7) is 33.1. The molecule has 0 aliphatic heterocycles. The third kappa shape index (κ3) is 12.0. The van der Waals surface area contributed by atoms with Crippen LogP contribution >= 0.6 is 0 Å². The van der Waals surface area contributed by atoms with Crippen molar-refractivity contribution in [3.63, 3.8) is 0 Å². The summed E-state index contributed by atoms with van der Waals surface area (Å²) in [5, 5.41) is 0. The molecule has 0 aromatic carbocycles. The maximum atomic E-state index is 6.52. The lowest BCUT2D eigenvalue weighted by molar-refractivity contribution is 0.285. The Balaban J connectivity index is 5.25. The van der Waals surface area contributed by atoms with E-state index in [-0.39, 0.29) is 0 Å². The van der Waals surface area contributed by atoms with Gasteiger partial charge < -0.3 is 20.6 Å². The maximum absolute atomic E-state index is 6.52. The van der Waals surface area contributed by atoms with Gasteiger partial charge in [-0.3, -0.25) is 0 Å². The fraction of sp³-hybridized carbons (Fsp3) is 0.750. The van der Waals surface area contributed by atoms with Gasteiger partial charge in [-0.25, -0.2) is 0 Å². The van der Waals surface area contributed by atoms with Crippen molar-refractivity contribution in [1.82, 2.24) is 0 Å². The molecule has 1 unspecified atom stereocenters. The molecule has 0 heterocycles. The van der Waals surface area contributed by atoms with Gasteiger partial charge in [0.1, 0.15) is 0 Å². The molecule has 0 aliphatic carbocycles. The highest BCUT2D eigenvalue weighted by Gasteiger charge is 2.47. The molecule has 27 heavy (non-hydrogen) atoms. The van der Waals surface area contributed by atoms with Gasteiger partial charge in [0.05, 0.1) is 0 Å². The van der Waals surface area contributed by atoms with Crippen molar-refractivity contribution in [3.05, 3.63) is 24.6 Å². The van der Waals surface area contributed by atoms with Gasteiger partial charge >= 0.3 is 34.2 Å². The molecular formula is C16H42O5Si6. The van der Waals surface area contributed by atoms with Crippen LogP contribution in [0.4, 0.5) is 0 Å². The molecule has 0 bridgehead atoms. The van der Waals surface area contributed by atoms with E-state index in [9.17, 15) is 0 Å². The molecular weight excluding hydrogens is 441 g/mol. The van der Waals surface area contributed by atoms with E-state index in [2.05, 4.69) is 85.2 Å². The Hall–Kier alpha value is 0.581. The highest BCUT2D eigenvalue weighted by Crippen LogP contribution is 2.27. The second-order valence-corrected chi connectivity index (χ2v) is 32.6. The molecule has 0 radical (unpaired) electrons. The van der Waals surface area contributed by atoms with Crippen molar-refractivity contribution in [3.8, 4) is 0 Å². The predicted octanol–water partition coefficient (Wildman–Crippen LogP) is 5.74. The van der Waals surface area contributed by atoms with Gasteiger partial charge in [0, 0.05) is 0 Å². The van der Waals surface area contributed by atoms with E-state index in [0.29, 0.717) is 0 Å². The zero-order valence-electron chi connectivity index (χ0n) is 19.6. The van der Waals surface area contributed by atoms with E-state index < -0.39 is 50.9 Å². The van der Waals surface area contributed by atoms with E-state index in [1.165, 1.54) is 0 Å². The minimum Gasteiger partial charge on any atom is -0.437 e. The van der Waals surface area contributed by atoms with Crippen molar-refractivity contribution in [2.75, 3.05) is 0 Å². The summed E-state index contributed by atoms with van der Waals surface area (Å²) in [4.78, 5) is 0. The van der Waals surface area contributed by atoms with Gasteiger partial charge in [-0.2, -0.15) is 0 Å². The van der Waals surface area contributed by atoms with Crippen molar-refractivity contribution < 1.29 is 20.6 Å². The molecule has 0 aromatic heterocycles. The van der Waals surface area contributed by atoms with Crippen molar-refractivity contribution >= 4 is 50.9 Å². The lowest BCUT2D eigenvalue weighted by Crippen LogP contribution is -2.60. The summed E-state index contributed by atoms with van der Waals surface area (Å²) in [6, 6.07) is 0. The average Bonchev–Trinajstić information content (AvgIpc) is 2.30. The zero-order chi connectivity index (χ0) is 21.9. The van der Waals surface area contributed by atoms with Crippen LogP contribution in [0.2, 0.25) is 78.6 Å². The van der Waals surface area contributed by atoms with E-state index in [1.807, 2.05) is 17.9 Å². The van der Waals surface area contributed by atoms with Crippen molar-refractivity contribution in [2.45, 2.75) is 78.6 Å². The number of hydrogen-bond donors (Lipinski definition) is 0. The average molecular weight is 483 g/mol. The second kappa shape index (κ2) is 9.16. The van der Waals surface area contributed by atoms with Crippen LogP contribution in [0, 0.1) is 0 Å². The lowest BCUT2D eigenvalue weighted by atomic mass is 11.3. The normalized spacial score (nSPS) is 16.7. The summed E-state index contributed by atoms with van der Waals surface area (Å²) in [5.74, 6) is 0. The van der Waals surface area contributed by atoms with Crippen molar-refractivity contribution in [1.29, 1.82) is 0 Å². The highest BCUT2D eigenvalue weighted by molar-refractivity contribution is 6.93.